The van der Waals surface area contributed by atoms with Crippen LogP contribution < -0.4 is 11.2 Å². The predicted octanol–water partition coefficient (Wildman–Crippen LogP) is 1.71. The number of carboxylic acids is 1. The summed E-state index contributed by atoms with van der Waals surface area (Å²) in [4.78, 5) is 11.4. The number of likely N-dealkylation sites (N-methyl/N-ethyl adjacent to an activating group) is 1. The normalized spacial score (nSPS) is 36.3. The molecular formula is C16H19N3O2+. The fraction of sp³-hybridized carbons (Fsp3) is 0.438. The van der Waals surface area contributed by atoms with Gasteiger partial charge < -0.3 is 10.4 Å². The van der Waals surface area contributed by atoms with Crippen molar-refractivity contribution in [2.24, 2.45) is 5.92 Å². The van der Waals surface area contributed by atoms with Gasteiger partial charge in [0.1, 0.15) is 18.5 Å². The lowest BCUT2D eigenvalue weighted by Gasteiger charge is -2.44. The second kappa shape index (κ2) is 4.08. The van der Waals surface area contributed by atoms with Gasteiger partial charge in [-0.25, -0.2) is 4.59 Å². The molecule has 21 heavy (non-hydrogen) atoms. The highest BCUT2D eigenvalue weighted by molar-refractivity contribution is 5.84. The number of carboxylic acid groups (broad SMARTS) is 1. The van der Waals surface area contributed by atoms with E-state index in [2.05, 4.69) is 17.4 Å². The molecule has 3 N–H and O–H groups in total. The Balaban J connectivity index is 1.91. The third-order valence-electron chi connectivity index (χ3n) is 5.19. The molecule has 2 heterocycles. The molecule has 109 valence electrons. The molecule has 0 saturated carbocycles. The number of aliphatic carboxylic acids is 1. The van der Waals surface area contributed by atoms with Crippen LogP contribution in [0.1, 0.15) is 23.5 Å². The van der Waals surface area contributed by atoms with Gasteiger partial charge in [0.25, 0.3) is 0 Å². The van der Waals surface area contributed by atoms with Gasteiger partial charge in [0.05, 0.1) is 7.05 Å². The van der Waals surface area contributed by atoms with Crippen LogP contribution in [0.2, 0.25) is 0 Å². The highest BCUT2D eigenvalue weighted by Crippen LogP contribution is 2.49. The van der Waals surface area contributed by atoms with E-state index in [1.807, 2.05) is 19.2 Å². The van der Waals surface area contributed by atoms with Crippen LogP contribution in [-0.2, 0) is 4.79 Å². The van der Waals surface area contributed by atoms with E-state index in [1.54, 1.807) is 0 Å². The lowest BCUT2D eigenvalue weighted by Crippen LogP contribution is -2.58. The van der Waals surface area contributed by atoms with Crippen LogP contribution in [0.4, 0.5) is 5.69 Å². The first kappa shape index (κ1) is 12.9. The van der Waals surface area contributed by atoms with E-state index >= 15 is 0 Å². The zero-order valence-electron chi connectivity index (χ0n) is 12.0. The van der Waals surface area contributed by atoms with Crippen LogP contribution in [0.15, 0.2) is 24.3 Å². The van der Waals surface area contributed by atoms with Gasteiger partial charge >= 0.3 is 5.97 Å². The van der Waals surface area contributed by atoms with Crippen molar-refractivity contribution >= 4 is 17.2 Å². The molecular weight excluding hydrogens is 266 g/mol. The van der Waals surface area contributed by atoms with Crippen molar-refractivity contribution in [3.05, 3.63) is 35.4 Å². The van der Waals surface area contributed by atoms with E-state index in [-0.39, 0.29) is 10.6 Å². The van der Waals surface area contributed by atoms with Crippen molar-refractivity contribution in [3.8, 4) is 0 Å². The fourth-order valence-corrected chi connectivity index (χ4v) is 4.22. The maximum Gasteiger partial charge on any atom is 0.316 e. The summed E-state index contributed by atoms with van der Waals surface area (Å²) in [6.45, 7) is 1.27. The summed E-state index contributed by atoms with van der Waals surface area (Å²) in [5.74, 6) is 7.66. The monoisotopic (exact) mass is 285 g/mol. The summed E-state index contributed by atoms with van der Waals surface area (Å²) in [5, 5.41) is 12.8. The number of nitrogens with zero attached hydrogens (tertiary/aromatic N) is 1. The molecule has 0 saturated heterocycles. The molecule has 5 nitrogen and oxygen atoms in total. The van der Waals surface area contributed by atoms with Gasteiger partial charge in [-0.15, -0.1) is 0 Å². The van der Waals surface area contributed by atoms with Crippen LogP contribution in [0, 0.1) is 5.92 Å². The Labute approximate surface area is 123 Å². The number of hydrogen-bond acceptors (Lipinski definition) is 2. The molecule has 0 aromatic heterocycles. The number of fused-ring (bicyclic) bond motifs is 2. The second-order valence-corrected chi connectivity index (χ2v) is 6.61. The lowest BCUT2D eigenvalue weighted by molar-refractivity contribution is -0.949. The Morgan fingerprint density at radius 3 is 3.05 bits per heavy atom. The zero-order chi connectivity index (χ0) is 14.8. The molecule has 3 aliphatic rings. The fourth-order valence-electron chi connectivity index (χ4n) is 4.22. The van der Waals surface area contributed by atoms with E-state index in [0.717, 1.165) is 24.1 Å². The van der Waals surface area contributed by atoms with Crippen LogP contribution in [0.25, 0.3) is 5.57 Å². The number of anilines is 1. The van der Waals surface area contributed by atoms with Crippen molar-refractivity contribution in [2.75, 3.05) is 25.5 Å². The number of hydrogen-bond donors (Lipinski definition) is 2. The summed E-state index contributed by atoms with van der Waals surface area (Å²) in [6.07, 6.45) is 2.82. The summed E-state index contributed by atoms with van der Waals surface area (Å²) in [6, 6.07) is 6.27. The first-order chi connectivity index (χ1) is 9.97. The zero-order valence-corrected chi connectivity index (χ0v) is 12.0. The molecule has 1 radical (unpaired) electrons. The van der Waals surface area contributed by atoms with Crippen molar-refractivity contribution in [3.63, 3.8) is 0 Å². The maximum atomic E-state index is 11.4. The summed E-state index contributed by atoms with van der Waals surface area (Å²) in [5.41, 5.74) is 4.71. The van der Waals surface area contributed by atoms with Crippen molar-refractivity contribution in [1.82, 2.24) is 5.84 Å². The van der Waals surface area contributed by atoms with Gasteiger partial charge in [-0.05, 0) is 17.2 Å². The van der Waals surface area contributed by atoms with Gasteiger partial charge in [-0.1, -0.05) is 24.1 Å². The van der Waals surface area contributed by atoms with Crippen LogP contribution in [0.3, 0.4) is 0 Å². The molecule has 1 aliphatic carbocycles. The van der Waals surface area contributed by atoms with E-state index in [9.17, 15) is 9.90 Å². The highest BCUT2D eigenvalue weighted by Gasteiger charge is 2.48. The van der Waals surface area contributed by atoms with Crippen molar-refractivity contribution in [2.45, 2.75) is 18.4 Å². The van der Waals surface area contributed by atoms with Gasteiger partial charge in [-0.2, -0.15) is 0 Å². The second-order valence-electron chi connectivity index (χ2n) is 6.61. The molecule has 0 spiro atoms. The molecule has 2 unspecified atom stereocenters. The molecule has 1 aromatic carbocycles. The largest absolute Gasteiger partial charge is 0.481 e. The van der Waals surface area contributed by atoms with Crippen LogP contribution >= 0.6 is 0 Å². The minimum absolute atomic E-state index is 0.0168. The number of quaternary nitrogens is 1. The highest BCUT2D eigenvalue weighted by atomic mass is 16.4. The third-order valence-corrected chi connectivity index (χ3v) is 5.19. The number of benzene rings is 1. The average Bonchev–Trinajstić information content (AvgIpc) is 2.84. The minimum atomic E-state index is -0.828. The Hall–Kier alpha value is -1.85. The summed E-state index contributed by atoms with van der Waals surface area (Å²) >= 11 is 0. The molecule has 4 rings (SSSR count). The predicted molar refractivity (Wildman–Crippen MR) is 79.3 cm³/mol. The first-order valence-corrected chi connectivity index (χ1v) is 7.39. The van der Waals surface area contributed by atoms with E-state index < -0.39 is 11.9 Å². The maximum absolute atomic E-state index is 11.4. The number of nitrogens with one attached hydrogen (secondary N) is 2. The van der Waals surface area contributed by atoms with Gasteiger partial charge in [0.2, 0.25) is 0 Å². The molecule has 2 aliphatic heterocycles. The standard InChI is InChI=1S/C16H19N3O2/c1-19(17)8-10(16(20)21)5-12-11-3-2-4-13-15(11)9(7-18-13)6-14(12)19/h2-5,9-10,14,17-18H,6-8H2,1H3,(H,20,21)/q+1/t9?,10-,14-,19?/m1/s1. The smallest absolute Gasteiger partial charge is 0.316 e. The molecule has 0 bridgehead atoms. The van der Waals surface area contributed by atoms with Crippen LogP contribution in [-0.4, -0.2) is 41.8 Å². The van der Waals surface area contributed by atoms with Crippen LogP contribution in [0.5, 0.6) is 0 Å². The average molecular weight is 285 g/mol. The Morgan fingerprint density at radius 2 is 2.29 bits per heavy atom. The van der Waals surface area contributed by atoms with Crippen molar-refractivity contribution in [1.29, 1.82) is 0 Å². The number of rotatable bonds is 1. The Kier molecular flexibility index (Phi) is 2.50. The van der Waals surface area contributed by atoms with E-state index in [4.69, 9.17) is 5.84 Å². The molecule has 5 heteroatoms. The van der Waals surface area contributed by atoms with E-state index in [1.165, 1.54) is 11.3 Å². The van der Waals surface area contributed by atoms with Gasteiger partial charge in [0, 0.05) is 30.1 Å². The SMILES string of the molecule is C[N+]1([NH])C[C@H](C(=O)O)C=C2c3cccc4c3C(CN4)C[C@H]21. The molecule has 0 fully saturated rings. The van der Waals surface area contributed by atoms with Gasteiger partial charge in [0.15, 0.2) is 0 Å². The van der Waals surface area contributed by atoms with E-state index in [0.29, 0.717) is 12.5 Å². The topological polar surface area (TPSA) is 73.1 Å². The Morgan fingerprint density at radius 1 is 1.48 bits per heavy atom. The lowest BCUT2D eigenvalue weighted by atomic mass is 9.74. The summed E-state index contributed by atoms with van der Waals surface area (Å²) in [7, 11) is 1.84. The minimum Gasteiger partial charge on any atom is -0.481 e. The molecule has 0 amide bonds. The summed E-state index contributed by atoms with van der Waals surface area (Å²) < 4.78 is 0.0168. The quantitative estimate of drug-likeness (QED) is 0.771. The van der Waals surface area contributed by atoms with Gasteiger partial charge in [-0.3, -0.25) is 4.79 Å². The molecule has 4 atom stereocenters. The third kappa shape index (κ3) is 1.74. The number of carbonyl (C=O) groups is 1. The molecule has 1 aromatic rings. The first-order valence-electron chi connectivity index (χ1n) is 7.39. The Bertz CT molecular complexity index is 665. The van der Waals surface area contributed by atoms with Crippen molar-refractivity contribution < 1.29 is 14.5 Å².